The average molecular weight is 324 g/mol. The topological polar surface area (TPSA) is 6.48 Å². The summed E-state index contributed by atoms with van der Waals surface area (Å²) in [6.45, 7) is 6.34. The van der Waals surface area contributed by atoms with Crippen molar-refractivity contribution in [3.63, 3.8) is 0 Å². The summed E-state index contributed by atoms with van der Waals surface area (Å²) in [5, 5.41) is 1.21. The lowest BCUT2D eigenvalue weighted by atomic mass is 10.0. The van der Waals surface area contributed by atoms with Crippen LogP contribution in [0.5, 0.6) is 0 Å². The van der Waals surface area contributed by atoms with Gasteiger partial charge in [0.25, 0.3) is 0 Å². The van der Waals surface area contributed by atoms with Gasteiger partial charge < -0.3 is 9.80 Å². The first-order chi connectivity index (χ1) is 11.1. The molecule has 0 spiro atoms. The molecule has 3 heteroatoms. The summed E-state index contributed by atoms with van der Waals surface area (Å²) in [5.74, 6) is 0. The van der Waals surface area contributed by atoms with Gasteiger partial charge in [-0.15, -0.1) is 9.24 Å². The molecular weight excluding hydrogens is 299 g/mol. The van der Waals surface area contributed by atoms with E-state index in [0.717, 1.165) is 13.1 Å². The molecule has 2 unspecified atom stereocenters. The minimum Gasteiger partial charge on any atom is -0.369 e. The van der Waals surface area contributed by atoms with Crippen molar-refractivity contribution in [3.8, 4) is 0 Å². The molecule has 23 heavy (non-hydrogen) atoms. The summed E-state index contributed by atoms with van der Waals surface area (Å²) >= 11 is 0. The van der Waals surface area contributed by atoms with Gasteiger partial charge in [-0.2, -0.15) is 0 Å². The van der Waals surface area contributed by atoms with Crippen molar-refractivity contribution < 1.29 is 0 Å². The van der Waals surface area contributed by atoms with Crippen LogP contribution in [0.1, 0.15) is 24.4 Å². The highest BCUT2D eigenvalue weighted by Gasteiger charge is 2.27. The Morgan fingerprint density at radius 3 is 2.57 bits per heavy atom. The molecule has 2 atom stereocenters. The predicted molar refractivity (Wildman–Crippen MR) is 103 cm³/mol. The van der Waals surface area contributed by atoms with Gasteiger partial charge in [0, 0.05) is 25.0 Å². The highest BCUT2D eigenvalue weighted by atomic mass is 31.0. The van der Waals surface area contributed by atoms with Crippen LogP contribution in [0.2, 0.25) is 0 Å². The summed E-state index contributed by atoms with van der Waals surface area (Å²) < 4.78 is 0. The van der Waals surface area contributed by atoms with Crippen LogP contribution in [0.25, 0.3) is 0 Å². The maximum atomic E-state index is 4.38. The highest BCUT2D eigenvalue weighted by Crippen LogP contribution is 2.34. The van der Waals surface area contributed by atoms with Gasteiger partial charge in [0.05, 0.1) is 12.6 Å². The van der Waals surface area contributed by atoms with E-state index in [1.165, 1.54) is 35.1 Å². The molecule has 0 radical (unpaired) electrons. The maximum Gasteiger partial charge on any atom is 0.0569 e. The van der Waals surface area contributed by atoms with Gasteiger partial charge in [-0.05, 0) is 35.8 Å². The van der Waals surface area contributed by atoms with Crippen molar-refractivity contribution in [1.82, 2.24) is 4.90 Å². The van der Waals surface area contributed by atoms with Crippen LogP contribution in [0, 0.1) is 0 Å². The Labute approximate surface area is 142 Å². The van der Waals surface area contributed by atoms with Crippen LogP contribution in [-0.2, 0) is 0 Å². The maximum absolute atomic E-state index is 4.38. The second-order valence-corrected chi connectivity index (χ2v) is 6.94. The zero-order valence-corrected chi connectivity index (χ0v) is 14.9. The van der Waals surface area contributed by atoms with E-state index in [0.29, 0.717) is 6.04 Å². The number of nitrogens with zero attached hydrogens (tertiary/aromatic N) is 2. The van der Waals surface area contributed by atoms with E-state index in [9.17, 15) is 0 Å². The molecule has 0 saturated carbocycles. The second kappa shape index (κ2) is 7.19. The normalized spacial score (nSPS) is 17.3. The SMILES string of the molecule is C=C(CN(C)c1ccc(P)cc1)N1CCCC1c1ccccc1. The van der Waals surface area contributed by atoms with Gasteiger partial charge >= 0.3 is 0 Å². The van der Waals surface area contributed by atoms with Crippen LogP contribution in [-0.4, -0.2) is 25.0 Å². The molecule has 1 aliphatic heterocycles. The van der Waals surface area contributed by atoms with E-state index in [-0.39, 0.29) is 0 Å². The highest BCUT2D eigenvalue weighted by molar-refractivity contribution is 7.27. The molecule has 1 heterocycles. The standard InChI is InChI=1S/C20H25N2P/c1-16(15-21(2)18-10-12-19(23)13-11-18)22-14-6-9-20(22)17-7-4-3-5-8-17/h3-5,7-8,10-13,20H,1,6,9,14-15,23H2,2H3. The van der Waals surface area contributed by atoms with E-state index in [1.54, 1.807) is 0 Å². The number of likely N-dealkylation sites (tertiary alicyclic amines) is 1. The number of likely N-dealkylation sites (N-methyl/N-ethyl adjacent to an activating group) is 1. The summed E-state index contributed by atoms with van der Waals surface area (Å²) in [4.78, 5) is 4.75. The van der Waals surface area contributed by atoms with Crippen LogP contribution >= 0.6 is 9.24 Å². The van der Waals surface area contributed by atoms with Crippen LogP contribution in [0.3, 0.4) is 0 Å². The molecular formula is C20H25N2P. The molecule has 0 bridgehead atoms. The third-order valence-corrected chi connectivity index (χ3v) is 4.98. The molecule has 0 N–H and O–H groups in total. The smallest absolute Gasteiger partial charge is 0.0569 e. The molecule has 1 saturated heterocycles. The van der Waals surface area contributed by atoms with E-state index < -0.39 is 0 Å². The summed E-state index contributed by atoms with van der Waals surface area (Å²) in [5.41, 5.74) is 3.84. The van der Waals surface area contributed by atoms with E-state index >= 15 is 0 Å². The van der Waals surface area contributed by atoms with Crippen molar-refractivity contribution >= 4 is 20.2 Å². The van der Waals surface area contributed by atoms with Gasteiger partial charge in [-0.1, -0.05) is 49.0 Å². The molecule has 0 aliphatic carbocycles. The van der Waals surface area contributed by atoms with Crippen molar-refractivity contribution in [2.24, 2.45) is 0 Å². The largest absolute Gasteiger partial charge is 0.369 e. The Bertz CT molecular complexity index is 651. The number of benzene rings is 2. The Kier molecular flexibility index (Phi) is 5.03. The van der Waals surface area contributed by atoms with Crippen molar-refractivity contribution in [3.05, 3.63) is 72.4 Å². The van der Waals surface area contributed by atoms with Gasteiger partial charge in [0.15, 0.2) is 0 Å². The lowest BCUT2D eigenvalue weighted by Gasteiger charge is -2.32. The van der Waals surface area contributed by atoms with Gasteiger partial charge in [0.2, 0.25) is 0 Å². The number of rotatable bonds is 5. The van der Waals surface area contributed by atoms with Gasteiger partial charge in [-0.25, -0.2) is 0 Å². The number of hydrogen-bond acceptors (Lipinski definition) is 2. The van der Waals surface area contributed by atoms with Crippen molar-refractivity contribution in [1.29, 1.82) is 0 Å². The minimum atomic E-state index is 0.478. The fourth-order valence-electron chi connectivity index (χ4n) is 3.35. The molecule has 2 aromatic rings. The molecule has 3 rings (SSSR count). The molecule has 1 aliphatic rings. The molecule has 2 nitrogen and oxygen atoms in total. The monoisotopic (exact) mass is 324 g/mol. The van der Waals surface area contributed by atoms with Gasteiger partial charge in [0.1, 0.15) is 0 Å². The molecule has 1 fully saturated rings. The van der Waals surface area contributed by atoms with E-state index in [4.69, 9.17) is 0 Å². The first-order valence-corrected chi connectivity index (χ1v) is 8.79. The summed E-state index contributed by atoms with van der Waals surface area (Å²) in [6, 6.07) is 19.9. The molecule has 2 aromatic carbocycles. The van der Waals surface area contributed by atoms with Crippen LogP contribution in [0.15, 0.2) is 66.9 Å². The quantitative estimate of drug-likeness (QED) is 0.768. The Morgan fingerprint density at radius 1 is 1.17 bits per heavy atom. The third-order valence-electron chi connectivity index (χ3n) is 4.60. The zero-order valence-electron chi connectivity index (χ0n) is 13.8. The van der Waals surface area contributed by atoms with Crippen molar-refractivity contribution in [2.75, 3.05) is 25.0 Å². The Morgan fingerprint density at radius 2 is 1.87 bits per heavy atom. The van der Waals surface area contributed by atoms with Crippen molar-refractivity contribution in [2.45, 2.75) is 18.9 Å². The lowest BCUT2D eigenvalue weighted by molar-refractivity contribution is 0.323. The summed E-state index contributed by atoms with van der Waals surface area (Å²) in [6.07, 6.45) is 2.46. The lowest BCUT2D eigenvalue weighted by Crippen LogP contribution is -2.30. The molecule has 0 aromatic heterocycles. The van der Waals surface area contributed by atoms with E-state index in [2.05, 4.69) is 87.3 Å². The predicted octanol–water partition coefficient (Wildman–Crippen LogP) is 3.97. The fourth-order valence-corrected chi connectivity index (χ4v) is 3.54. The zero-order chi connectivity index (χ0) is 16.2. The fraction of sp³-hybridized carbons (Fsp3) is 0.300. The van der Waals surface area contributed by atoms with Crippen LogP contribution < -0.4 is 10.2 Å². The number of hydrogen-bond donors (Lipinski definition) is 0. The molecule has 120 valence electrons. The van der Waals surface area contributed by atoms with Crippen LogP contribution in [0.4, 0.5) is 5.69 Å². The minimum absolute atomic E-state index is 0.478. The van der Waals surface area contributed by atoms with Gasteiger partial charge in [-0.3, -0.25) is 0 Å². The first-order valence-electron chi connectivity index (χ1n) is 8.21. The Hall–Kier alpha value is -1.79. The Balaban J connectivity index is 1.68. The number of anilines is 1. The van der Waals surface area contributed by atoms with E-state index in [1.807, 2.05) is 0 Å². The average Bonchev–Trinajstić information content (AvgIpc) is 3.06. The molecule has 0 amide bonds. The third kappa shape index (κ3) is 3.76. The second-order valence-electron chi connectivity index (χ2n) is 6.28. The first kappa shape index (κ1) is 16.1. The summed E-state index contributed by atoms with van der Waals surface area (Å²) in [7, 11) is 4.87.